The van der Waals surface area contributed by atoms with Crippen LogP contribution in [-0.2, 0) is 16.1 Å². The van der Waals surface area contributed by atoms with Crippen molar-refractivity contribution in [1.29, 1.82) is 0 Å². The number of hydrogen-bond acceptors (Lipinski definition) is 4. The average molecular weight is 388 g/mol. The molecule has 0 saturated heterocycles. The van der Waals surface area contributed by atoms with Crippen molar-refractivity contribution in [2.24, 2.45) is 0 Å². The SMILES string of the molecule is CN(Cc1ccc(N(C)C)cc1)C(=O)CN1C(=O)COc2ccc(Cl)cc21. The van der Waals surface area contributed by atoms with E-state index in [2.05, 4.69) is 0 Å². The molecule has 0 fully saturated rings. The Morgan fingerprint density at radius 3 is 2.52 bits per heavy atom. The Balaban J connectivity index is 1.69. The lowest BCUT2D eigenvalue weighted by molar-refractivity contribution is -0.131. The van der Waals surface area contributed by atoms with E-state index >= 15 is 0 Å². The van der Waals surface area contributed by atoms with Crippen molar-refractivity contribution in [3.05, 3.63) is 53.1 Å². The fourth-order valence-corrected chi connectivity index (χ4v) is 3.03. The molecule has 3 rings (SSSR count). The number of carbonyl (C=O) groups is 2. The van der Waals surface area contributed by atoms with Gasteiger partial charge in [0.1, 0.15) is 12.3 Å². The Morgan fingerprint density at radius 1 is 1.15 bits per heavy atom. The van der Waals surface area contributed by atoms with E-state index in [1.165, 1.54) is 4.90 Å². The molecule has 2 aromatic carbocycles. The zero-order chi connectivity index (χ0) is 19.6. The molecule has 0 aromatic heterocycles. The van der Waals surface area contributed by atoms with Crippen LogP contribution in [0.1, 0.15) is 5.56 Å². The van der Waals surface area contributed by atoms with Gasteiger partial charge in [0.15, 0.2) is 6.61 Å². The van der Waals surface area contributed by atoms with Crippen molar-refractivity contribution in [2.45, 2.75) is 6.54 Å². The van der Waals surface area contributed by atoms with Crippen LogP contribution in [0.2, 0.25) is 5.02 Å². The molecule has 27 heavy (non-hydrogen) atoms. The third-order valence-corrected chi connectivity index (χ3v) is 4.69. The maximum atomic E-state index is 12.7. The number of rotatable bonds is 5. The number of fused-ring (bicyclic) bond motifs is 1. The van der Waals surface area contributed by atoms with Crippen LogP contribution in [0.3, 0.4) is 0 Å². The normalized spacial score (nSPS) is 13.0. The number of nitrogens with zero attached hydrogens (tertiary/aromatic N) is 3. The van der Waals surface area contributed by atoms with Gasteiger partial charge in [0, 0.05) is 38.4 Å². The molecule has 2 aromatic rings. The first kappa shape index (κ1) is 19.0. The summed E-state index contributed by atoms with van der Waals surface area (Å²) in [6.45, 7) is 0.326. The van der Waals surface area contributed by atoms with Gasteiger partial charge in [0.05, 0.1) is 5.69 Å². The standard InChI is InChI=1S/C20H22ClN3O3/c1-22(2)16-7-4-14(5-8-16)11-23(3)19(25)12-24-17-10-15(21)6-9-18(17)27-13-20(24)26/h4-10H,11-13H2,1-3H3. The Hall–Kier alpha value is -2.73. The summed E-state index contributed by atoms with van der Waals surface area (Å²) >= 11 is 6.04. The largest absolute Gasteiger partial charge is 0.482 e. The first-order valence-electron chi connectivity index (χ1n) is 8.58. The van der Waals surface area contributed by atoms with Gasteiger partial charge in [0.2, 0.25) is 5.91 Å². The van der Waals surface area contributed by atoms with Crippen LogP contribution >= 0.6 is 11.6 Å². The molecule has 0 unspecified atom stereocenters. The molecule has 1 aliphatic heterocycles. The molecule has 0 N–H and O–H groups in total. The van der Waals surface area contributed by atoms with Crippen LogP contribution < -0.4 is 14.5 Å². The summed E-state index contributed by atoms with van der Waals surface area (Å²) < 4.78 is 5.41. The zero-order valence-electron chi connectivity index (χ0n) is 15.6. The van der Waals surface area contributed by atoms with E-state index in [0.717, 1.165) is 11.3 Å². The number of benzene rings is 2. The molecule has 7 heteroatoms. The van der Waals surface area contributed by atoms with Crippen molar-refractivity contribution in [3.63, 3.8) is 0 Å². The molecular formula is C20H22ClN3O3. The van der Waals surface area contributed by atoms with E-state index < -0.39 is 0 Å². The monoisotopic (exact) mass is 387 g/mol. The molecule has 2 amide bonds. The van der Waals surface area contributed by atoms with Gasteiger partial charge in [-0.2, -0.15) is 0 Å². The van der Waals surface area contributed by atoms with Gasteiger partial charge in [-0.15, -0.1) is 0 Å². The maximum absolute atomic E-state index is 12.7. The number of anilines is 2. The van der Waals surface area contributed by atoms with E-state index in [-0.39, 0.29) is 25.0 Å². The van der Waals surface area contributed by atoms with Crippen LogP contribution in [-0.4, -0.2) is 51.0 Å². The highest BCUT2D eigenvalue weighted by Crippen LogP contribution is 2.34. The van der Waals surface area contributed by atoms with Gasteiger partial charge < -0.3 is 14.5 Å². The van der Waals surface area contributed by atoms with Crippen molar-refractivity contribution >= 4 is 34.8 Å². The molecule has 1 aliphatic rings. The number of carbonyl (C=O) groups excluding carboxylic acids is 2. The lowest BCUT2D eigenvalue weighted by atomic mass is 10.2. The highest BCUT2D eigenvalue weighted by molar-refractivity contribution is 6.31. The van der Waals surface area contributed by atoms with E-state index in [9.17, 15) is 9.59 Å². The highest BCUT2D eigenvalue weighted by Gasteiger charge is 2.28. The van der Waals surface area contributed by atoms with Crippen LogP contribution in [0.4, 0.5) is 11.4 Å². The predicted molar refractivity (Wildman–Crippen MR) is 107 cm³/mol. The first-order chi connectivity index (χ1) is 12.8. The van der Waals surface area contributed by atoms with E-state index in [0.29, 0.717) is 23.0 Å². The predicted octanol–water partition coefficient (Wildman–Crippen LogP) is 2.79. The van der Waals surface area contributed by atoms with Crippen LogP contribution in [0, 0.1) is 0 Å². The topological polar surface area (TPSA) is 53.1 Å². The summed E-state index contributed by atoms with van der Waals surface area (Å²) in [7, 11) is 5.69. The smallest absolute Gasteiger partial charge is 0.265 e. The van der Waals surface area contributed by atoms with E-state index in [1.54, 1.807) is 30.1 Å². The lowest BCUT2D eigenvalue weighted by Crippen LogP contribution is -2.45. The summed E-state index contributed by atoms with van der Waals surface area (Å²) in [6.07, 6.45) is 0. The Kier molecular flexibility index (Phi) is 5.56. The van der Waals surface area contributed by atoms with Gasteiger partial charge in [0.25, 0.3) is 5.91 Å². The number of ether oxygens (including phenoxy) is 1. The number of hydrogen-bond donors (Lipinski definition) is 0. The quantitative estimate of drug-likeness (QED) is 0.791. The first-order valence-corrected chi connectivity index (χ1v) is 8.96. The van der Waals surface area contributed by atoms with E-state index in [1.807, 2.05) is 43.3 Å². The molecule has 0 bridgehead atoms. The second kappa shape index (κ2) is 7.88. The molecule has 6 nitrogen and oxygen atoms in total. The van der Waals surface area contributed by atoms with Crippen molar-refractivity contribution in [3.8, 4) is 5.75 Å². The van der Waals surface area contributed by atoms with Gasteiger partial charge in [-0.1, -0.05) is 23.7 Å². The Labute approximate surface area is 163 Å². The third kappa shape index (κ3) is 4.34. The minimum absolute atomic E-state index is 0.0538. The van der Waals surface area contributed by atoms with E-state index in [4.69, 9.17) is 16.3 Å². The van der Waals surface area contributed by atoms with Gasteiger partial charge in [-0.3, -0.25) is 14.5 Å². The fraction of sp³-hybridized carbons (Fsp3) is 0.300. The fourth-order valence-electron chi connectivity index (χ4n) is 2.87. The second-order valence-electron chi connectivity index (χ2n) is 6.69. The van der Waals surface area contributed by atoms with Gasteiger partial charge in [-0.05, 0) is 35.9 Å². The summed E-state index contributed by atoms with van der Waals surface area (Å²) in [4.78, 5) is 30.0. The maximum Gasteiger partial charge on any atom is 0.265 e. The average Bonchev–Trinajstić information content (AvgIpc) is 2.64. The van der Waals surface area contributed by atoms with Crippen molar-refractivity contribution < 1.29 is 14.3 Å². The second-order valence-corrected chi connectivity index (χ2v) is 7.13. The molecule has 0 aliphatic carbocycles. The zero-order valence-corrected chi connectivity index (χ0v) is 16.4. The van der Waals surface area contributed by atoms with Crippen molar-refractivity contribution in [1.82, 2.24) is 4.90 Å². The molecular weight excluding hydrogens is 366 g/mol. The Morgan fingerprint density at radius 2 is 1.85 bits per heavy atom. The number of amides is 2. The minimum atomic E-state index is -0.262. The molecule has 0 radical (unpaired) electrons. The molecule has 0 atom stereocenters. The van der Waals surface area contributed by atoms with Gasteiger partial charge in [-0.25, -0.2) is 0 Å². The molecule has 0 spiro atoms. The lowest BCUT2D eigenvalue weighted by Gasteiger charge is -2.30. The minimum Gasteiger partial charge on any atom is -0.482 e. The number of likely N-dealkylation sites (N-methyl/N-ethyl adjacent to an activating group) is 1. The summed E-state index contributed by atoms with van der Waals surface area (Å²) in [5, 5.41) is 0.485. The molecule has 0 saturated carbocycles. The molecule has 1 heterocycles. The van der Waals surface area contributed by atoms with Crippen molar-refractivity contribution in [2.75, 3.05) is 44.1 Å². The van der Waals surface area contributed by atoms with Crippen LogP contribution in [0.5, 0.6) is 5.75 Å². The number of halogens is 1. The third-order valence-electron chi connectivity index (χ3n) is 4.46. The van der Waals surface area contributed by atoms with Crippen LogP contribution in [0.25, 0.3) is 0 Å². The Bertz CT molecular complexity index is 852. The summed E-state index contributed by atoms with van der Waals surface area (Å²) in [5.41, 5.74) is 2.64. The highest BCUT2D eigenvalue weighted by atomic mass is 35.5. The van der Waals surface area contributed by atoms with Gasteiger partial charge >= 0.3 is 0 Å². The summed E-state index contributed by atoms with van der Waals surface area (Å²) in [6, 6.07) is 13.1. The van der Waals surface area contributed by atoms with Crippen LogP contribution in [0.15, 0.2) is 42.5 Å². The summed E-state index contributed by atoms with van der Waals surface area (Å²) in [5.74, 6) is 0.128. The molecule has 142 valence electrons.